The van der Waals surface area contributed by atoms with E-state index in [-0.39, 0.29) is 5.78 Å². The van der Waals surface area contributed by atoms with Crippen LogP contribution >= 0.6 is 0 Å². The largest absolute Gasteiger partial charge is 0.295 e. The predicted molar refractivity (Wildman–Crippen MR) is 68.5 cm³/mol. The highest BCUT2D eigenvalue weighted by Crippen LogP contribution is 2.12. The second kappa shape index (κ2) is 6.51. The van der Waals surface area contributed by atoms with E-state index in [1.807, 2.05) is 37.3 Å². The molecule has 88 valence electrons. The molecule has 0 aliphatic carbocycles. The molecule has 1 aromatic carbocycles. The maximum atomic E-state index is 11.4. The van der Waals surface area contributed by atoms with Crippen LogP contribution in [0.15, 0.2) is 35.0 Å². The summed E-state index contributed by atoms with van der Waals surface area (Å²) in [5, 5.41) is 3.44. The zero-order valence-electron chi connectivity index (χ0n) is 10.1. The van der Waals surface area contributed by atoms with Gasteiger partial charge in [0, 0.05) is 11.5 Å². The van der Waals surface area contributed by atoms with Crippen LogP contribution in [-0.4, -0.2) is 12.3 Å². The fourth-order valence-corrected chi connectivity index (χ4v) is 1.43. The van der Waals surface area contributed by atoms with Gasteiger partial charge in [-0.05, 0) is 43.0 Å². The van der Waals surface area contributed by atoms with E-state index in [2.05, 4.69) is 10.0 Å². The lowest BCUT2D eigenvalue weighted by atomic mass is 10.0. The standard InChI is InChI=1S/C13H15N3O/c1-10-3-5-12(6-4-10)9-13(11(2)17)7-8-15-16-14/h3-6,9H,7-8H2,1-2H3/b13-9-. The molecule has 0 fully saturated rings. The average molecular weight is 229 g/mol. The molecule has 0 aromatic heterocycles. The van der Waals surface area contributed by atoms with E-state index in [0.717, 1.165) is 5.56 Å². The summed E-state index contributed by atoms with van der Waals surface area (Å²) in [5.74, 6) is 0.0127. The van der Waals surface area contributed by atoms with Gasteiger partial charge in [-0.3, -0.25) is 4.79 Å². The molecule has 0 aliphatic heterocycles. The van der Waals surface area contributed by atoms with Gasteiger partial charge in [0.05, 0.1) is 0 Å². The van der Waals surface area contributed by atoms with Crippen molar-refractivity contribution < 1.29 is 4.79 Å². The summed E-state index contributed by atoms with van der Waals surface area (Å²) >= 11 is 0. The van der Waals surface area contributed by atoms with Crippen LogP contribution in [0.2, 0.25) is 0 Å². The van der Waals surface area contributed by atoms with Crippen LogP contribution in [0, 0.1) is 6.92 Å². The van der Waals surface area contributed by atoms with E-state index in [1.165, 1.54) is 12.5 Å². The molecule has 0 atom stereocenters. The molecule has 0 saturated carbocycles. The van der Waals surface area contributed by atoms with Gasteiger partial charge in [0.2, 0.25) is 0 Å². The zero-order valence-corrected chi connectivity index (χ0v) is 10.1. The number of ketones is 1. The third kappa shape index (κ3) is 4.53. The molecule has 0 radical (unpaired) electrons. The highest BCUT2D eigenvalue weighted by atomic mass is 16.1. The van der Waals surface area contributed by atoms with Gasteiger partial charge in [-0.25, -0.2) is 0 Å². The van der Waals surface area contributed by atoms with Crippen LogP contribution in [0.5, 0.6) is 0 Å². The molecule has 4 nitrogen and oxygen atoms in total. The van der Waals surface area contributed by atoms with Crippen molar-refractivity contribution in [3.63, 3.8) is 0 Å². The van der Waals surface area contributed by atoms with E-state index < -0.39 is 0 Å². The minimum absolute atomic E-state index is 0.0127. The Bertz CT molecular complexity index is 468. The summed E-state index contributed by atoms with van der Waals surface area (Å²) in [6.07, 6.45) is 2.32. The first kappa shape index (κ1) is 13.0. The van der Waals surface area contributed by atoms with Gasteiger partial charge in [0.1, 0.15) is 0 Å². The van der Waals surface area contributed by atoms with E-state index >= 15 is 0 Å². The SMILES string of the molecule is CC(=O)/C(=C\c1ccc(C)cc1)CCN=[N+]=[N-]. The van der Waals surface area contributed by atoms with Gasteiger partial charge in [-0.15, -0.1) is 0 Å². The first-order chi connectivity index (χ1) is 8.13. The Kier molecular flexibility index (Phi) is 4.98. The topological polar surface area (TPSA) is 65.8 Å². The average Bonchev–Trinajstić information content (AvgIpc) is 2.30. The van der Waals surface area contributed by atoms with Gasteiger partial charge in [0.25, 0.3) is 0 Å². The smallest absolute Gasteiger partial charge is 0.155 e. The van der Waals surface area contributed by atoms with Crippen molar-refractivity contribution in [1.29, 1.82) is 0 Å². The number of rotatable bonds is 5. The van der Waals surface area contributed by atoms with Crippen molar-refractivity contribution in [3.05, 3.63) is 51.4 Å². The molecule has 0 aliphatic rings. The normalized spacial score (nSPS) is 10.8. The Morgan fingerprint density at radius 1 is 1.41 bits per heavy atom. The monoisotopic (exact) mass is 229 g/mol. The van der Waals surface area contributed by atoms with Crippen LogP contribution in [0.4, 0.5) is 0 Å². The molecule has 0 bridgehead atoms. The lowest BCUT2D eigenvalue weighted by Gasteiger charge is -2.02. The Hall–Kier alpha value is -2.06. The molecule has 0 spiro atoms. The number of hydrogen-bond donors (Lipinski definition) is 0. The molecule has 0 unspecified atom stereocenters. The molecule has 0 heterocycles. The number of azide groups is 1. The van der Waals surface area contributed by atoms with Crippen molar-refractivity contribution in [2.45, 2.75) is 20.3 Å². The quantitative estimate of drug-likeness (QED) is 0.329. The van der Waals surface area contributed by atoms with Crippen LogP contribution in [0.1, 0.15) is 24.5 Å². The fraction of sp³-hybridized carbons (Fsp3) is 0.308. The van der Waals surface area contributed by atoms with Gasteiger partial charge >= 0.3 is 0 Å². The van der Waals surface area contributed by atoms with Crippen molar-refractivity contribution in [2.24, 2.45) is 5.11 Å². The Balaban J connectivity index is 2.85. The Labute approximate surface area is 101 Å². The number of carbonyl (C=O) groups is 1. The van der Waals surface area contributed by atoms with Crippen molar-refractivity contribution >= 4 is 11.9 Å². The van der Waals surface area contributed by atoms with E-state index in [4.69, 9.17) is 5.53 Å². The first-order valence-corrected chi connectivity index (χ1v) is 5.42. The number of Topliss-reactive ketones (excluding diaryl/α,β-unsaturated/α-hetero) is 1. The third-order valence-corrected chi connectivity index (χ3v) is 2.41. The molecule has 0 saturated heterocycles. The summed E-state index contributed by atoms with van der Waals surface area (Å²) < 4.78 is 0. The summed E-state index contributed by atoms with van der Waals surface area (Å²) in [7, 11) is 0. The number of aryl methyl sites for hydroxylation is 1. The summed E-state index contributed by atoms with van der Waals surface area (Å²) in [4.78, 5) is 14.1. The summed E-state index contributed by atoms with van der Waals surface area (Å²) in [5.41, 5.74) is 11.0. The molecule has 1 rings (SSSR count). The van der Waals surface area contributed by atoms with Crippen molar-refractivity contribution in [2.75, 3.05) is 6.54 Å². The second-order valence-corrected chi connectivity index (χ2v) is 3.84. The van der Waals surface area contributed by atoms with Crippen LogP contribution in [0.3, 0.4) is 0 Å². The lowest BCUT2D eigenvalue weighted by Crippen LogP contribution is -1.98. The third-order valence-electron chi connectivity index (χ3n) is 2.41. The van der Waals surface area contributed by atoms with Crippen LogP contribution in [0.25, 0.3) is 16.5 Å². The fourth-order valence-electron chi connectivity index (χ4n) is 1.43. The van der Waals surface area contributed by atoms with E-state index in [9.17, 15) is 4.79 Å². The number of carbonyl (C=O) groups excluding carboxylic acids is 1. The van der Waals surface area contributed by atoms with Crippen molar-refractivity contribution in [3.8, 4) is 0 Å². The Morgan fingerprint density at radius 3 is 2.59 bits per heavy atom. The maximum Gasteiger partial charge on any atom is 0.155 e. The molecular weight excluding hydrogens is 214 g/mol. The van der Waals surface area contributed by atoms with Crippen molar-refractivity contribution in [1.82, 2.24) is 0 Å². The molecule has 4 heteroatoms. The van der Waals surface area contributed by atoms with Gasteiger partial charge < -0.3 is 0 Å². The maximum absolute atomic E-state index is 11.4. The predicted octanol–water partition coefficient (Wildman–Crippen LogP) is 3.67. The van der Waals surface area contributed by atoms with Gasteiger partial charge in [-0.2, -0.15) is 0 Å². The molecule has 1 aromatic rings. The molecular formula is C13H15N3O. The highest BCUT2D eigenvalue weighted by molar-refractivity contribution is 5.97. The lowest BCUT2D eigenvalue weighted by molar-refractivity contribution is -0.113. The summed E-state index contributed by atoms with van der Waals surface area (Å²) in [6, 6.07) is 7.92. The second-order valence-electron chi connectivity index (χ2n) is 3.84. The molecule has 17 heavy (non-hydrogen) atoms. The number of hydrogen-bond acceptors (Lipinski definition) is 2. The highest BCUT2D eigenvalue weighted by Gasteiger charge is 2.03. The van der Waals surface area contributed by atoms with Crippen LogP contribution in [-0.2, 0) is 4.79 Å². The van der Waals surface area contributed by atoms with E-state index in [1.54, 1.807) is 0 Å². The zero-order chi connectivity index (χ0) is 12.7. The molecule has 0 N–H and O–H groups in total. The Morgan fingerprint density at radius 2 is 2.06 bits per heavy atom. The van der Waals surface area contributed by atoms with E-state index in [0.29, 0.717) is 18.5 Å². The first-order valence-electron chi connectivity index (χ1n) is 5.42. The van der Waals surface area contributed by atoms with Gasteiger partial charge in [-0.1, -0.05) is 34.9 Å². The minimum Gasteiger partial charge on any atom is -0.295 e. The minimum atomic E-state index is 0.0127. The van der Waals surface area contributed by atoms with Gasteiger partial charge in [0.15, 0.2) is 5.78 Å². The van der Waals surface area contributed by atoms with Crippen LogP contribution < -0.4 is 0 Å². The summed E-state index contributed by atoms with van der Waals surface area (Å²) in [6.45, 7) is 3.85. The molecule has 0 amide bonds. The number of benzene rings is 1. The number of nitrogens with zero attached hydrogens (tertiary/aromatic N) is 3.